The first kappa shape index (κ1) is 12.5. The molecule has 16 heavy (non-hydrogen) atoms. The highest BCUT2D eigenvalue weighted by molar-refractivity contribution is 6.58. The summed E-state index contributed by atoms with van der Waals surface area (Å²) in [4.78, 5) is 5.01. The van der Waals surface area contributed by atoms with Gasteiger partial charge in [0.1, 0.15) is 0 Å². The van der Waals surface area contributed by atoms with Crippen LogP contribution >= 0.6 is 0 Å². The second-order valence-corrected chi connectivity index (χ2v) is 3.18. The average molecular weight is 219 g/mol. The third kappa shape index (κ3) is 3.54. The van der Waals surface area contributed by atoms with E-state index in [1.54, 1.807) is 30.3 Å². The first-order valence-electron chi connectivity index (χ1n) is 4.79. The highest BCUT2D eigenvalue weighted by Crippen LogP contribution is 2.07. The van der Waals surface area contributed by atoms with Gasteiger partial charge in [0.15, 0.2) is 0 Å². The zero-order valence-electron chi connectivity index (χ0n) is 8.89. The van der Waals surface area contributed by atoms with Gasteiger partial charge in [0.2, 0.25) is 0 Å². The van der Waals surface area contributed by atoms with Gasteiger partial charge in [0.05, 0.1) is 12.3 Å². The van der Waals surface area contributed by atoms with Crippen LogP contribution < -0.4 is 10.9 Å². The summed E-state index contributed by atoms with van der Waals surface area (Å²) in [5.41, 5.74) is 4.50. The third-order valence-electron chi connectivity index (χ3n) is 1.95. The molecule has 3 N–H and O–H groups in total. The van der Waals surface area contributed by atoms with E-state index in [0.717, 1.165) is 5.56 Å². The Labute approximate surface area is 95.0 Å². The molecule has 0 radical (unpaired) electrons. The van der Waals surface area contributed by atoms with Gasteiger partial charge in [-0.15, -0.1) is 6.58 Å². The molecule has 0 saturated carbocycles. The molecule has 1 rings (SSSR count). The number of hydroxylamine groups is 1. The summed E-state index contributed by atoms with van der Waals surface area (Å²) in [6.07, 6.45) is 1.62. The van der Waals surface area contributed by atoms with E-state index < -0.39 is 7.12 Å². The van der Waals surface area contributed by atoms with E-state index in [4.69, 9.17) is 14.9 Å². The fourth-order valence-corrected chi connectivity index (χ4v) is 1.10. The summed E-state index contributed by atoms with van der Waals surface area (Å²) in [6.45, 7) is 7.67. The Morgan fingerprint density at radius 3 is 2.50 bits per heavy atom. The van der Waals surface area contributed by atoms with Crippen molar-refractivity contribution in [2.45, 2.75) is 0 Å². The standard InChI is InChI=1S/C11H14BNO3/c1-3-8-16-13-9(2)10-4-6-11(7-5-10)12(14)15/h3-7,13-15H,1-2,8H2. The van der Waals surface area contributed by atoms with Crippen molar-refractivity contribution in [2.24, 2.45) is 0 Å². The van der Waals surface area contributed by atoms with E-state index in [0.29, 0.717) is 17.8 Å². The van der Waals surface area contributed by atoms with Crippen LogP contribution in [0.5, 0.6) is 0 Å². The van der Waals surface area contributed by atoms with Gasteiger partial charge in [-0.3, -0.25) is 10.3 Å². The van der Waals surface area contributed by atoms with Gasteiger partial charge in [-0.05, 0) is 11.0 Å². The highest BCUT2D eigenvalue weighted by atomic mass is 16.6. The van der Waals surface area contributed by atoms with Crippen molar-refractivity contribution in [3.05, 3.63) is 49.1 Å². The molecule has 84 valence electrons. The van der Waals surface area contributed by atoms with Crippen molar-refractivity contribution in [3.8, 4) is 0 Å². The van der Waals surface area contributed by atoms with Crippen LogP contribution in [0.15, 0.2) is 43.5 Å². The lowest BCUT2D eigenvalue weighted by molar-refractivity contribution is 0.104. The Morgan fingerprint density at radius 1 is 1.38 bits per heavy atom. The molecule has 0 aliphatic carbocycles. The zero-order valence-corrected chi connectivity index (χ0v) is 8.89. The summed E-state index contributed by atoms with van der Waals surface area (Å²) in [6, 6.07) is 6.67. The largest absolute Gasteiger partial charge is 0.488 e. The summed E-state index contributed by atoms with van der Waals surface area (Å²) < 4.78 is 0. The maximum absolute atomic E-state index is 8.91. The summed E-state index contributed by atoms with van der Waals surface area (Å²) >= 11 is 0. The predicted molar refractivity (Wildman–Crippen MR) is 64.6 cm³/mol. The minimum Gasteiger partial charge on any atom is -0.423 e. The Bertz CT molecular complexity index is 362. The predicted octanol–water partition coefficient (Wildman–Crippen LogP) is 0.0443. The van der Waals surface area contributed by atoms with Gasteiger partial charge >= 0.3 is 7.12 Å². The molecule has 0 heterocycles. The van der Waals surface area contributed by atoms with Gasteiger partial charge in [-0.2, -0.15) is 0 Å². The molecule has 5 heteroatoms. The van der Waals surface area contributed by atoms with E-state index in [2.05, 4.69) is 18.6 Å². The molecule has 0 bridgehead atoms. The summed E-state index contributed by atoms with van der Waals surface area (Å²) in [5, 5.41) is 17.8. The van der Waals surface area contributed by atoms with Gasteiger partial charge in [-0.25, -0.2) is 0 Å². The van der Waals surface area contributed by atoms with Gasteiger partial charge < -0.3 is 10.0 Å². The van der Waals surface area contributed by atoms with Gasteiger partial charge in [0, 0.05) is 0 Å². The van der Waals surface area contributed by atoms with Gasteiger partial charge in [0.25, 0.3) is 0 Å². The van der Waals surface area contributed by atoms with E-state index in [1.807, 2.05) is 0 Å². The molecule has 0 spiro atoms. The summed E-state index contributed by atoms with van der Waals surface area (Å²) in [7, 11) is -1.45. The van der Waals surface area contributed by atoms with Crippen LogP contribution in [0.3, 0.4) is 0 Å². The Kier molecular flexibility index (Phi) is 4.79. The molecule has 0 aliphatic heterocycles. The van der Waals surface area contributed by atoms with E-state index in [9.17, 15) is 0 Å². The molecule has 0 aromatic heterocycles. The number of nitrogens with one attached hydrogen (secondary N) is 1. The number of hydrogen-bond donors (Lipinski definition) is 3. The highest BCUT2D eigenvalue weighted by Gasteiger charge is 2.10. The minimum absolute atomic E-state index is 0.381. The van der Waals surface area contributed by atoms with Crippen LogP contribution in [0.4, 0.5) is 0 Å². The lowest BCUT2D eigenvalue weighted by Crippen LogP contribution is -2.29. The smallest absolute Gasteiger partial charge is 0.423 e. The monoisotopic (exact) mass is 219 g/mol. The molecular formula is C11H14BNO3. The fourth-order valence-electron chi connectivity index (χ4n) is 1.10. The molecule has 0 amide bonds. The maximum Gasteiger partial charge on any atom is 0.488 e. The molecule has 0 atom stereocenters. The van der Waals surface area contributed by atoms with E-state index in [1.165, 1.54) is 0 Å². The van der Waals surface area contributed by atoms with Crippen molar-refractivity contribution in [1.82, 2.24) is 5.48 Å². The quantitative estimate of drug-likeness (QED) is 0.273. The fraction of sp³-hybridized carbons (Fsp3) is 0.0909. The minimum atomic E-state index is -1.45. The topological polar surface area (TPSA) is 61.7 Å². The molecule has 0 unspecified atom stereocenters. The Morgan fingerprint density at radius 2 is 2.00 bits per heavy atom. The normalized spacial score (nSPS) is 9.62. The van der Waals surface area contributed by atoms with Gasteiger partial charge in [-0.1, -0.05) is 36.9 Å². The first-order valence-corrected chi connectivity index (χ1v) is 4.79. The van der Waals surface area contributed by atoms with Crippen LogP contribution in [0, 0.1) is 0 Å². The Hall–Kier alpha value is -1.56. The third-order valence-corrected chi connectivity index (χ3v) is 1.95. The maximum atomic E-state index is 8.91. The molecule has 1 aromatic rings. The lowest BCUT2D eigenvalue weighted by Gasteiger charge is -2.09. The van der Waals surface area contributed by atoms with Crippen LogP contribution in [0.1, 0.15) is 5.56 Å². The second-order valence-electron chi connectivity index (χ2n) is 3.18. The van der Waals surface area contributed by atoms with Crippen LogP contribution in [-0.4, -0.2) is 23.8 Å². The van der Waals surface area contributed by atoms with E-state index in [-0.39, 0.29) is 0 Å². The van der Waals surface area contributed by atoms with Crippen LogP contribution in [0.2, 0.25) is 0 Å². The molecule has 1 aromatic carbocycles. The molecule has 4 nitrogen and oxygen atoms in total. The number of benzene rings is 1. The lowest BCUT2D eigenvalue weighted by atomic mass is 9.80. The van der Waals surface area contributed by atoms with Crippen molar-refractivity contribution >= 4 is 18.3 Å². The van der Waals surface area contributed by atoms with E-state index >= 15 is 0 Å². The van der Waals surface area contributed by atoms with Crippen molar-refractivity contribution in [2.75, 3.05) is 6.61 Å². The van der Waals surface area contributed by atoms with Crippen molar-refractivity contribution in [3.63, 3.8) is 0 Å². The zero-order chi connectivity index (χ0) is 12.0. The number of hydrogen-bond acceptors (Lipinski definition) is 4. The SMILES string of the molecule is C=CCONC(=C)c1ccc(B(O)O)cc1. The molecule has 0 saturated heterocycles. The molecule has 0 aliphatic rings. The van der Waals surface area contributed by atoms with Crippen molar-refractivity contribution < 1.29 is 14.9 Å². The van der Waals surface area contributed by atoms with Crippen LogP contribution in [0.25, 0.3) is 5.70 Å². The summed E-state index contributed by atoms with van der Waals surface area (Å²) in [5.74, 6) is 0. The van der Waals surface area contributed by atoms with Crippen molar-refractivity contribution in [1.29, 1.82) is 0 Å². The molecular weight excluding hydrogens is 205 g/mol. The average Bonchev–Trinajstić information content (AvgIpc) is 2.29. The van der Waals surface area contributed by atoms with Crippen LogP contribution in [-0.2, 0) is 4.84 Å². The number of rotatable bonds is 6. The Balaban J connectivity index is 2.59. The second kappa shape index (κ2) is 6.12. The molecule has 0 fully saturated rings. The first-order chi connectivity index (χ1) is 7.65.